The molecule has 54 heavy (non-hydrogen) atoms. The summed E-state index contributed by atoms with van der Waals surface area (Å²) in [6.45, 7) is 19.0. The third-order valence-electron chi connectivity index (χ3n) is 5.62. The Labute approximate surface area is 375 Å². The number of nitrogens with one attached hydrogen (secondary N) is 2. The van der Waals surface area contributed by atoms with Crippen LogP contribution in [0.1, 0.15) is 110 Å². The van der Waals surface area contributed by atoms with E-state index in [1.54, 1.807) is 55.4 Å². The van der Waals surface area contributed by atoms with E-state index in [2.05, 4.69) is 47.1 Å². The van der Waals surface area contributed by atoms with Crippen LogP contribution in [0.2, 0.25) is 0 Å². The Balaban J connectivity index is -0.000000106. The molecule has 17 nitrogen and oxygen atoms in total. The Hall–Kier alpha value is -2.80. The van der Waals surface area contributed by atoms with E-state index < -0.39 is 17.5 Å². The van der Waals surface area contributed by atoms with E-state index in [-0.39, 0.29) is 112 Å². The van der Waals surface area contributed by atoms with Crippen LogP contribution < -0.4 is 79.4 Å². The Morgan fingerprint density at radius 3 is 1.48 bits per heavy atom. The molecule has 2 rings (SSSR count). The quantitative estimate of drug-likeness (QED) is 0.0221. The molecule has 0 radical (unpaired) electrons. The van der Waals surface area contributed by atoms with Crippen LogP contribution in [-0.4, -0.2) is 75.7 Å². The molecule has 0 aliphatic carbocycles. The third kappa shape index (κ3) is 28.6. The molecule has 2 heterocycles. The standard InChI is InChI=1S/C10H14N2O2.C9H12N2O2.C9H14O4.C4H9O.C2H5N3.2ClH.K.H3N/c1-5-8-9(10(13)14-4)6(2)11-7(3)12-8;1-4-7-8(9(12)13)5(2)10-6(3)11-7;1-5-7(10)8(6(2)12-3)9(11)13-4;1-4(2,3)5;1-2-4-5-3;;;;/h5H2,1-4H3;4H2,1-3H3,(H,12,13);5H2,1-4H3;1-3H3;1,4-5H,3H2;2*1H;;1H3/q;;;-1;;;;+1;. The second-order valence-corrected chi connectivity index (χ2v) is 10.8. The molecule has 0 aliphatic rings. The van der Waals surface area contributed by atoms with Crippen LogP contribution in [0.25, 0.3) is 0 Å². The van der Waals surface area contributed by atoms with Gasteiger partial charge in [0.2, 0.25) is 0 Å². The Kier molecular flexibility index (Phi) is 43.9. The number of halogens is 2. The van der Waals surface area contributed by atoms with Gasteiger partial charge in [0.05, 0.1) is 44.1 Å². The number of allylic oxidation sites excluding steroid dienone is 1. The van der Waals surface area contributed by atoms with Crippen LogP contribution in [0.3, 0.4) is 0 Å². The number of hydrogen-bond acceptors (Lipinski definition) is 16. The third-order valence-corrected chi connectivity index (χ3v) is 5.62. The van der Waals surface area contributed by atoms with Crippen LogP contribution >= 0.6 is 24.8 Å². The number of nitrogens with zero attached hydrogens (tertiary/aromatic N) is 4. The van der Waals surface area contributed by atoms with E-state index >= 15 is 0 Å². The maximum Gasteiger partial charge on any atom is 1.00 e. The van der Waals surface area contributed by atoms with Gasteiger partial charge in [-0.2, -0.15) is 5.53 Å². The Morgan fingerprint density at radius 1 is 0.833 bits per heavy atom. The minimum Gasteiger partial charge on any atom is -0.850 e. The Morgan fingerprint density at radius 2 is 1.22 bits per heavy atom. The van der Waals surface area contributed by atoms with Crippen molar-refractivity contribution < 1.29 is 95.0 Å². The number of methoxy groups -OCH3 is 3. The molecule has 0 aliphatic heterocycles. The molecular weight excluding hydrogens is 774 g/mol. The SMILES string of the molecule is C#CNNN.CC(C)(C)[O-].CCC(=O)C(C(=O)OC)=C(C)OC.CCc1nc(C)nc(C)c1C(=O)O.CCc1nc(C)nc(C)c1C(=O)OC.Cl.Cl.N.[K+]. The van der Waals surface area contributed by atoms with Crippen molar-refractivity contribution in [3.63, 3.8) is 0 Å². The number of Topliss-reactive ketones (excluding diaryl/α,β-unsaturated/α-hetero) is 1. The average Bonchev–Trinajstić information content (AvgIpc) is 3.03. The van der Waals surface area contributed by atoms with Gasteiger partial charge in [-0.3, -0.25) is 16.1 Å². The van der Waals surface area contributed by atoms with Crippen molar-refractivity contribution in [2.75, 3.05) is 21.3 Å². The minimum atomic E-state index is -0.950. The van der Waals surface area contributed by atoms with E-state index in [0.29, 0.717) is 52.9 Å². The summed E-state index contributed by atoms with van der Waals surface area (Å²) in [5, 5.41) is 19.0. The summed E-state index contributed by atoms with van der Waals surface area (Å²) < 4.78 is 14.0. The smallest absolute Gasteiger partial charge is 0.850 e. The van der Waals surface area contributed by atoms with Crippen LogP contribution in [0.15, 0.2) is 11.3 Å². The summed E-state index contributed by atoms with van der Waals surface area (Å²) in [6.07, 6.45) is 6.21. The van der Waals surface area contributed by atoms with Crippen molar-refractivity contribution >= 4 is 48.5 Å². The molecule has 0 amide bonds. The van der Waals surface area contributed by atoms with Gasteiger partial charge in [-0.25, -0.2) is 34.3 Å². The van der Waals surface area contributed by atoms with Crippen molar-refractivity contribution in [3.8, 4) is 12.5 Å². The minimum absolute atomic E-state index is 0. The van der Waals surface area contributed by atoms with Crippen molar-refractivity contribution in [2.45, 2.75) is 101 Å². The fraction of sp³-hybridized carbons (Fsp3) is 0.529. The molecule has 304 valence electrons. The predicted octanol–water partition coefficient (Wildman–Crippen LogP) is 0.555. The van der Waals surface area contributed by atoms with Gasteiger partial charge in [-0.1, -0.05) is 48.0 Å². The van der Waals surface area contributed by atoms with Gasteiger partial charge in [-0.05, 0) is 47.5 Å². The maximum absolute atomic E-state index is 11.4. The molecule has 0 aromatic carbocycles. The van der Waals surface area contributed by atoms with Gasteiger partial charge >= 0.3 is 69.3 Å². The first-order valence-electron chi connectivity index (χ1n) is 15.4. The van der Waals surface area contributed by atoms with Gasteiger partial charge in [0.25, 0.3) is 0 Å². The first kappa shape index (κ1) is 66.0. The molecule has 0 unspecified atom stereocenters. The number of carbonyl (C=O) groups excluding carboxylic acids is 3. The van der Waals surface area contributed by atoms with Gasteiger partial charge in [0.1, 0.15) is 34.1 Å². The number of aromatic carboxylic acids is 1. The number of carboxylic acid groups (broad SMARTS) is 1. The predicted molar refractivity (Wildman–Crippen MR) is 206 cm³/mol. The molecular formula is C34H59Cl2KN8O9. The molecule has 0 spiro atoms. The normalized spacial score (nSPS) is 9.46. The molecule has 2 aromatic heterocycles. The molecule has 0 bridgehead atoms. The first-order valence-corrected chi connectivity index (χ1v) is 15.4. The number of aromatic nitrogens is 4. The van der Waals surface area contributed by atoms with Gasteiger partial charge in [0.15, 0.2) is 5.78 Å². The largest absolute Gasteiger partial charge is 1.00 e. The number of rotatable bonds is 9. The van der Waals surface area contributed by atoms with E-state index in [4.69, 9.17) is 9.84 Å². The zero-order chi connectivity index (χ0) is 39.8. The molecule has 0 atom stereocenters. The fourth-order valence-corrected chi connectivity index (χ4v) is 3.60. The summed E-state index contributed by atoms with van der Waals surface area (Å²) in [5.41, 5.74) is 6.77. The summed E-state index contributed by atoms with van der Waals surface area (Å²) in [5.74, 6) is 4.01. The second-order valence-electron chi connectivity index (χ2n) is 10.8. The Bertz CT molecular complexity index is 1480. The topological polar surface area (TPSA) is 276 Å². The second kappa shape index (κ2) is 35.9. The number of nitrogens with two attached hydrogens (primary N) is 1. The monoisotopic (exact) mass is 832 g/mol. The molecule has 0 saturated heterocycles. The molecule has 8 N–H and O–H groups in total. The van der Waals surface area contributed by atoms with E-state index in [0.717, 1.165) is 5.69 Å². The maximum atomic E-state index is 11.4. The number of ketones is 1. The molecule has 20 heteroatoms. The van der Waals surface area contributed by atoms with Crippen LogP contribution in [0.4, 0.5) is 0 Å². The van der Waals surface area contributed by atoms with E-state index in [1.807, 2.05) is 32.4 Å². The van der Waals surface area contributed by atoms with Crippen molar-refractivity contribution in [3.05, 3.63) is 56.9 Å². The number of hydrazine groups is 2. The van der Waals surface area contributed by atoms with Gasteiger partial charge < -0.3 is 30.6 Å². The van der Waals surface area contributed by atoms with Crippen molar-refractivity contribution in [2.24, 2.45) is 5.84 Å². The summed E-state index contributed by atoms with van der Waals surface area (Å²) in [7, 11) is 4.00. The number of carbonyl (C=O) groups is 4. The number of ether oxygens (including phenoxy) is 3. The number of terminal acetylenes is 1. The molecule has 2 aromatic rings. The van der Waals surface area contributed by atoms with Crippen LogP contribution in [0, 0.1) is 40.2 Å². The summed E-state index contributed by atoms with van der Waals surface area (Å²) in [4.78, 5) is 61.1. The van der Waals surface area contributed by atoms with Crippen LogP contribution in [0.5, 0.6) is 0 Å². The zero-order valence-electron chi connectivity index (χ0n) is 34.3. The summed E-state index contributed by atoms with van der Waals surface area (Å²) >= 11 is 0. The van der Waals surface area contributed by atoms with E-state index in [1.165, 1.54) is 21.3 Å². The first-order chi connectivity index (χ1) is 23.1. The molecule has 0 fully saturated rings. The van der Waals surface area contributed by atoms with Gasteiger partial charge in [0, 0.05) is 12.5 Å². The van der Waals surface area contributed by atoms with Crippen molar-refractivity contribution in [1.82, 2.24) is 37.0 Å². The van der Waals surface area contributed by atoms with Gasteiger partial charge in [-0.15, -0.1) is 30.4 Å². The van der Waals surface area contributed by atoms with E-state index in [9.17, 15) is 24.3 Å². The molecule has 0 saturated carbocycles. The fourth-order valence-electron chi connectivity index (χ4n) is 3.60. The number of hydrogen-bond donors (Lipinski definition) is 5. The number of carboxylic acids is 1. The van der Waals surface area contributed by atoms with Crippen molar-refractivity contribution in [1.29, 1.82) is 0 Å². The zero-order valence-corrected chi connectivity index (χ0v) is 39.1. The summed E-state index contributed by atoms with van der Waals surface area (Å²) in [6, 6.07) is 2.03. The van der Waals surface area contributed by atoms with Crippen LogP contribution in [-0.2, 0) is 36.6 Å². The number of esters is 2. The average molecular weight is 834 g/mol. The number of aryl methyl sites for hydroxylation is 6.